The van der Waals surface area contributed by atoms with Gasteiger partial charge in [-0.25, -0.2) is 0 Å². The molecule has 10 aliphatic rings. The third-order valence-electron chi connectivity index (χ3n) is 19.9. The Labute approximate surface area is 494 Å². The Hall–Kier alpha value is -6.01. The lowest BCUT2D eigenvalue weighted by Gasteiger charge is -2.40. The van der Waals surface area contributed by atoms with Crippen LogP contribution >= 0.6 is 21.6 Å². The summed E-state index contributed by atoms with van der Waals surface area (Å²) in [5, 5.41) is 46.8. The van der Waals surface area contributed by atoms with Gasteiger partial charge in [-0.2, -0.15) is 0 Å². The number of aromatic hydroxyl groups is 2. The van der Waals surface area contributed by atoms with Crippen LogP contribution in [0.5, 0.6) is 28.7 Å². The minimum Gasteiger partial charge on any atom is -0.508 e. The van der Waals surface area contributed by atoms with Gasteiger partial charge in [0.05, 0.1) is 30.4 Å². The SMILES string of the molecule is COCC1CCNCc2c(O)c3c(c4c2C2C#CC5=C(C=CC(N)N5)C(Cc5cccc(c5)CC1C#C2)C1CCC2(Cc5cc(O)cc(OCO)c5-c5ccc6c(c52)OC4C6COC(C)=O)C1)C=CC1NC2CCCC(CSSCC1O3)C2. The van der Waals surface area contributed by atoms with Gasteiger partial charge in [0.15, 0.2) is 18.3 Å². The molecule has 15 heteroatoms. The van der Waals surface area contributed by atoms with Crippen LogP contribution in [-0.4, -0.2) is 90.8 Å². The second-order valence-electron chi connectivity index (χ2n) is 24.9. The molecule has 4 aromatic carbocycles. The van der Waals surface area contributed by atoms with Gasteiger partial charge in [-0.1, -0.05) is 100 Å². The highest BCUT2D eigenvalue weighted by Crippen LogP contribution is 2.64. The molecule has 1 saturated heterocycles. The molecule has 1 spiro atoms. The molecule has 13 unspecified atom stereocenters. The molecule has 3 fully saturated rings. The lowest BCUT2D eigenvalue weighted by molar-refractivity contribution is -0.141. The summed E-state index contributed by atoms with van der Waals surface area (Å²) in [7, 11) is 5.54. The van der Waals surface area contributed by atoms with E-state index < -0.39 is 42.3 Å². The molecule has 0 aromatic heterocycles. The number of nitrogens with one attached hydrogen (secondary N) is 3. The average molecular weight is 1160 g/mol. The van der Waals surface area contributed by atoms with Crippen molar-refractivity contribution in [1.82, 2.24) is 16.0 Å². The largest absolute Gasteiger partial charge is 0.508 e. The molecule has 14 rings (SSSR count). The molecule has 0 amide bonds. The van der Waals surface area contributed by atoms with E-state index in [-0.39, 0.29) is 60.5 Å². The predicted octanol–water partition coefficient (Wildman–Crippen LogP) is 9.74. The van der Waals surface area contributed by atoms with Crippen molar-refractivity contribution in [3.05, 3.63) is 128 Å². The van der Waals surface area contributed by atoms with Crippen molar-refractivity contribution < 1.29 is 43.8 Å². The highest BCUT2D eigenvalue weighted by Gasteiger charge is 2.53. The molecular weight excluding hydrogens is 1080 g/mol. The standard InChI is InChI=1S/C68H74N4O9S2/c1-37(74)78-33-54-49-12-13-50-60-45(27-47(75)28-57(60)79-36-73)30-68-21-19-43(29-68)52-26-39-6-3-5-38(23-39)24-42-10-9-41(11-16-55-48(52)15-18-59(69)72-55)61-53(31-70-22-20-44(42)32-77-2)64(76)67-51(62(61)65(54)81-66(49)63(50)68)14-17-56-58(80-67)35-83-82-34-40-7-4-8-46(25-40)71-56/h3,5-6,12-15,17-18,23,27-28,40-44,46,52,54,56,58-59,65,70-73,75-76H,4,7-8,19-22,24-26,29-36,69H2,1-2H3. The number of carbonyl (C=O) groups is 1. The zero-order chi connectivity index (χ0) is 56.5. The van der Waals surface area contributed by atoms with Gasteiger partial charge in [-0.05, 0) is 146 Å². The number of aliphatic hydroxyl groups excluding tert-OH is 1. The molecule has 6 aliphatic heterocycles. The first kappa shape index (κ1) is 54.9. The van der Waals surface area contributed by atoms with E-state index in [1.807, 2.05) is 33.7 Å². The molecule has 4 aliphatic carbocycles. The van der Waals surface area contributed by atoms with Crippen molar-refractivity contribution in [3.8, 4) is 63.6 Å². The van der Waals surface area contributed by atoms with E-state index in [1.165, 1.54) is 30.9 Å². The summed E-state index contributed by atoms with van der Waals surface area (Å²) in [6.45, 7) is 2.31. The maximum absolute atomic E-state index is 13.5. The summed E-state index contributed by atoms with van der Waals surface area (Å²) < 4.78 is 33.7. The van der Waals surface area contributed by atoms with E-state index in [1.54, 1.807) is 13.2 Å². The Morgan fingerprint density at radius 1 is 0.940 bits per heavy atom. The van der Waals surface area contributed by atoms with Crippen molar-refractivity contribution in [3.63, 3.8) is 0 Å². The number of nitrogens with two attached hydrogens (primary N) is 1. The molecule has 0 radical (unpaired) electrons. The number of phenols is 2. The van der Waals surface area contributed by atoms with E-state index in [0.717, 1.165) is 107 Å². The number of dihydropyridines is 1. The second kappa shape index (κ2) is 22.8. The van der Waals surface area contributed by atoms with Crippen LogP contribution in [0.1, 0.15) is 126 Å². The van der Waals surface area contributed by atoms with E-state index >= 15 is 0 Å². The maximum Gasteiger partial charge on any atom is 0.302 e. The maximum atomic E-state index is 13.5. The Morgan fingerprint density at radius 3 is 2.69 bits per heavy atom. The number of rotatable bonds is 6. The number of ether oxygens (including phenoxy) is 5. The van der Waals surface area contributed by atoms with Crippen molar-refractivity contribution in [2.75, 3.05) is 45.2 Å². The number of hydrogen-bond acceptors (Lipinski definition) is 15. The lowest BCUT2D eigenvalue weighted by Crippen LogP contribution is -2.49. The first-order chi connectivity index (χ1) is 40.5. The number of methoxy groups -OCH3 is 1. The number of benzene rings is 4. The molecule has 13 atom stereocenters. The zero-order valence-electron chi connectivity index (χ0n) is 47.3. The van der Waals surface area contributed by atoms with Gasteiger partial charge in [0.1, 0.15) is 42.0 Å². The summed E-state index contributed by atoms with van der Waals surface area (Å²) >= 11 is 0. The molecule has 2 saturated carbocycles. The monoisotopic (exact) mass is 1150 g/mol. The van der Waals surface area contributed by atoms with Crippen LogP contribution in [0.3, 0.4) is 0 Å². The third-order valence-corrected chi connectivity index (χ3v) is 22.4. The van der Waals surface area contributed by atoms with E-state index in [4.69, 9.17) is 29.4 Å². The van der Waals surface area contributed by atoms with E-state index in [9.17, 15) is 20.1 Å². The first-order valence-corrected chi connectivity index (χ1v) is 32.6. The summed E-state index contributed by atoms with van der Waals surface area (Å²) in [4.78, 5) is 13.3. The van der Waals surface area contributed by atoms with Crippen LogP contribution in [0.25, 0.3) is 17.2 Å². The van der Waals surface area contributed by atoms with Crippen LogP contribution < -0.4 is 35.9 Å². The average Bonchev–Trinajstić information content (AvgIpc) is 1.96. The summed E-state index contributed by atoms with van der Waals surface area (Å²) in [6.07, 6.45) is 17.0. The van der Waals surface area contributed by atoms with Crippen molar-refractivity contribution in [2.45, 2.75) is 132 Å². The lowest BCUT2D eigenvalue weighted by atomic mass is 9.64. The van der Waals surface area contributed by atoms with Crippen molar-refractivity contribution >= 4 is 33.6 Å². The fraction of sp³-hybridized carbons (Fsp3) is 0.485. The minimum atomic E-state index is -0.807. The highest BCUT2D eigenvalue weighted by atomic mass is 33.1. The summed E-state index contributed by atoms with van der Waals surface area (Å²) in [5.74, 6) is 17.8. The topological polar surface area (TPSA) is 186 Å². The molecule has 8 N–H and O–H groups in total. The Morgan fingerprint density at radius 2 is 1.82 bits per heavy atom. The van der Waals surface area contributed by atoms with Gasteiger partial charge < -0.3 is 60.7 Å². The molecule has 432 valence electrons. The predicted molar refractivity (Wildman–Crippen MR) is 324 cm³/mol. The molecule has 83 heavy (non-hydrogen) atoms. The fourth-order valence-corrected chi connectivity index (χ4v) is 18.9. The molecule has 13 nitrogen and oxygen atoms in total. The summed E-state index contributed by atoms with van der Waals surface area (Å²) in [6, 6.07) is 17.0. The van der Waals surface area contributed by atoms with Crippen LogP contribution in [0.4, 0.5) is 0 Å². The van der Waals surface area contributed by atoms with Gasteiger partial charge >= 0.3 is 5.97 Å². The van der Waals surface area contributed by atoms with Crippen molar-refractivity contribution in [1.29, 1.82) is 0 Å². The van der Waals surface area contributed by atoms with Crippen LogP contribution in [0.15, 0.2) is 78.0 Å². The highest BCUT2D eigenvalue weighted by molar-refractivity contribution is 8.76. The number of aliphatic hydroxyl groups is 1. The zero-order valence-corrected chi connectivity index (χ0v) is 48.9. The van der Waals surface area contributed by atoms with Gasteiger partial charge in [0.25, 0.3) is 0 Å². The third kappa shape index (κ3) is 10.2. The van der Waals surface area contributed by atoms with Crippen LogP contribution in [0, 0.1) is 53.3 Å². The van der Waals surface area contributed by atoms with E-state index in [0.29, 0.717) is 66.3 Å². The van der Waals surface area contributed by atoms with Crippen LogP contribution in [-0.2, 0) is 45.5 Å². The molecule has 6 heterocycles. The number of phenolic OH excluding ortho intramolecular Hbond substituents is 2. The van der Waals surface area contributed by atoms with Gasteiger partial charge in [0.2, 0.25) is 0 Å². The number of carbonyl (C=O) groups excluding carboxylic acids is 1. The van der Waals surface area contributed by atoms with Crippen molar-refractivity contribution in [2.24, 2.45) is 35.3 Å². The molecular formula is C68H74N4O9S2. The first-order valence-electron chi connectivity index (χ1n) is 30.1. The Balaban J connectivity index is 1.09. The molecule has 11 bridgehead atoms. The second-order valence-corrected chi connectivity index (χ2v) is 27.5. The van der Waals surface area contributed by atoms with Gasteiger partial charge in [0, 0.05) is 88.9 Å². The normalized spacial score (nSPS) is 31.5. The summed E-state index contributed by atoms with van der Waals surface area (Å²) in [5.41, 5.74) is 18.1. The fourth-order valence-electron chi connectivity index (χ4n) is 16.2. The van der Waals surface area contributed by atoms with E-state index in [2.05, 4.69) is 94.3 Å². The smallest absolute Gasteiger partial charge is 0.302 e. The Bertz CT molecular complexity index is 3480. The molecule has 4 aromatic rings. The minimum absolute atomic E-state index is 0.00399. The number of fused-ring (bicyclic) bond motifs is 14. The van der Waals surface area contributed by atoms with Crippen LogP contribution in [0.2, 0.25) is 0 Å². The number of hydrogen-bond donors (Lipinski definition) is 7. The quantitative estimate of drug-likeness (QED) is 0.0419. The number of allylic oxidation sites excluding steroid dienone is 3. The number of esters is 1. The van der Waals surface area contributed by atoms with Gasteiger partial charge in [-0.15, -0.1) is 0 Å². The van der Waals surface area contributed by atoms with Gasteiger partial charge in [-0.3, -0.25) is 4.79 Å². The Kier molecular flexibility index (Phi) is 15.1.